The van der Waals surface area contributed by atoms with Crippen molar-refractivity contribution >= 4 is 0 Å². The highest BCUT2D eigenvalue weighted by Crippen LogP contribution is 1.84. The topological polar surface area (TPSA) is 64.6 Å². The molecule has 0 atom stereocenters. The van der Waals surface area contributed by atoms with Gasteiger partial charge in [-0.25, -0.2) is 0 Å². The van der Waals surface area contributed by atoms with Crippen LogP contribution in [0, 0.1) is 0 Å². The molecule has 7 heteroatoms. The van der Waals surface area contributed by atoms with Crippen LogP contribution in [0.3, 0.4) is 0 Å². The van der Waals surface area contributed by atoms with Gasteiger partial charge >= 0.3 is 0 Å². The Morgan fingerprint density at radius 1 is 0.522 bits per heavy atom. The SMILES string of the molecule is C=CCOCCOCCOCCOCCOCCOCCOC. The Hall–Kier alpha value is -0.540. The summed E-state index contributed by atoms with van der Waals surface area (Å²) >= 11 is 0. The van der Waals surface area contributed by atoms with Gasteiger partial charge in [0.25, 0.3) is 0 Å². The Morgan fingerprint density at radius 2 is 0.826 bits per heavy atom. The molecule has 0 aromatic rings. The number of hydrogen-bond donors (Lipinski definition) is 0. The van der Waals surface area contributed by atoms with E-state index in [0.29, 0.717) is 85.9 Å². The fraction of sp³-hybridized carbons (Fsp3) is 0.875. The van der Waals surface area contributed by atoms with Gasteiger partial charge < -0.3 is 33.2 Å². The van der Waals surface area contributed by atoms with Crippen molar-refractivity contribution in [2.45, 2.75) is 0 Å². The van der Waals surface area contributed by atoms with Gasteiger partial charge in [0.05, 0.1) is 85.9 Å². The summed E-state index contributed by atoms with van der Waals surface area (Å²) in [5, 5.41) is 0. The Kier molecular flexibility index (Phi) is 21.0. The number of rotatable bonds is 20. The Balaban J connectivity index is 2.93. The minimum atomic E-state index is 0.552. The molecular formula is C16H32O7. The second-order valence-corrected chi connectivity index (χ2v) is 4.42. The third kappa shape index (κ3) is 21.5. The average Bonchev–Trinajstić information content (AvgIpc) is 2.57. The van der Waals surface area contributed by atoms with Gasteiger partial charge in [-0.2, -0.15) is 0 Å². The maximum absolute atomic E-state index is 5.37. The van der Waals surface area contributed by atoms with Gasteiger partial charge in [0.2, 0.25) is 0 Å². The average molecular weight is 336 g/mol. The highest BCUT2D eigenvalue weighted by molar-refractivity contribution is 4.63. The van der Waals surface area contributed by atoms with Crippen LogP contribution in [0.1, 0.15) is 0 Å². The fourth-order valence-corrected chi connectivity index (χ4v) is 1.41. The number of hydrogen-bond acceptors (Lipinski definition) is 7. The van der Waals surface area contributed by atoms with Crippen molar-refractivity contribution in [3.63, 3.8) is 0 Å². The molecule has 0 amide bonds. The lowest BCUT2D eigenvalue weighted by Crippen LogP contribution is -2.14. The molecule has 0 aliphatic rings. The minimum Gasteiger partial charge on any atom is -0.382 e. The molecule has 0 radical (unpaired) electrons. The molecule has 0 spiro atoms. The molecule has 0 aromatic carbocycles. The fourth-order valence-electron chi connectivity index (χ4n) is 1.41. The van der Waals surface area contributed by atoms with E-state index >= 15 is 0 Å². The molecule has 138 valence electrons. The monoisotopic (exact) mass is 336 g/mol. The summed E-state index contributed by atoms with van der Waals surface area (Å²) in [4.78, 5) is 0. The minimum absolute atomic E-state index is 0.552. The van der Waals surface area contributed by atoms with Gasteiger partial charge in [0.15, 0.2) is 0 Å². The van der Waals surface area contributed by atoms with Crippen LogP contribution in [0.2, 0.25) is 0 Å². The van der Waals surface area contributed by atoms with Crippen molar-refractivity contribution in [3.05, 3.63) is 12.7 Å². The van der Waals surface area contributed by atoms with Crippen molar-refractivity contribution in [2.24, 2.45) is 0 Å². The first-order valence-corrected chi connectivity index (χ1v) is 7.98. The lowest BCUT2D eigenvalue weighted by molar-refractivity contribution is -0.0182. The maximum atomic E-state index is 5.37. The molecule has 0 N–H and O–H groups in total. The van der Waals surface area contributed by atoms with Crippen molar-refractivity contribution in [2.75, 3.05) is 93.0 Å². The van der Waals surface area contributed by atoms with Crippen LogP contribution in [-0.4, -0.2) is 93.0 Å². The normalized spacial score (nSPS) is 11.0. The second-order valence-electron chi connectivity index (χ2n) is 4.42. The standard InChI is InChI=1S/C16H32O7/c1-3-4-18-7-8-20-11-12-22-15-16-23-14-13-21-10-9-19-6-5-17-2/h3H,1,4-16H2,2H3. The van der Waals surface area contributed by atoms with Crippen LogP contribution in [0.25, 0.3) is 0 Å². The summed E-state index contributed by atoms with van der Waals surface area (Å²) in [7, 11) is 1.65. The van der Waals surface area contributed by atoms with Gasteiger partial charge in [-0.3, -0.25) is 0 Å². The Bertz CT molecular complexity index is 226. The summed E-state index contributed by atoms with van der Waals surface area (Å²) in [6, 6.07) is 0. The van der Waals surface area contributed by atoms with Crippen LogP contribution in [0.4, 0.5) is 0 Å². The third-order valence-corrected chi connectivity index (χ3v) is 2.53. The molecule has 0 bridgehead atoms. The zero-order chi connectivity index (χ0) is 16.8. The van der Waals surface area contributed by atoms with Crippen LogP contribution in [0.15, 0.2) is 12.7 Å². The molecule has 0 fully saturated rings. The molecular weight excluding hydrogens is 304 g/mol. The molecule has 0 unspecified atom stereocenters. The van der Waals surface area contributed by atoms with Gasteiger partial charge in [-0.1, -0.05) is 6.08 Å². The van der Waals surface area contributed by atoms with Gasteiger partial charge in [-0.15, -0.1) is 6.58 Å². The molecule has 0 aliphatic carbocycles. The van der Waals surface area contributed by atoms with Gasteiger partial charge in [0.1, 0.15) is 0 Å². The summed E-state index contributed by atoms with van der Waals surface area (Å²) in [6.45, 7) is 10.9. The molecule has 0 saturated heterocycles. The third-order valence-electron chi connectivity index (χ3n) is 2.53. The molecule has 23 heavy (non-hydrogen) atoms. The summed E-state index contributed by atoms with van der Waals surface area (Å²) in [6.07, 6.45) is 1.71. The predicted molar refractivity (Wildman–Crippen MR) is 87.0 cm³/mol. The Labute approximate surface area is 139 Å². The van der Waals surface area contributed by atoms with E-state index in [2.05, 4.69) is 6.58 Å². The quantitative estimate of drug-likeness (QED) is 0.242. The first-order chi connectivity index (χ1) is 11.4. The lowest BCUT2D eigenvalue weighted by atomic mass is 10.6. The highest BCUT2D eigenvalue weighted by atomic mass is 16.6. The first kappa shape index (κ1) is 22.5. The number of methoxy groups -OCH3 is 1. The zero-order valence-corrected chi connectivity index (χ0v) is 14.3. The predicted octanol–water partition coefficient (Wildman–Crippen LogP) is 0.918. The number of ether oxygens (including phenoxy) is 7. The Morgan fingerprint density at radius 3 is 1.13 bits per heavy atom. The van der Waals surface area contributed by atoms with E-state index in [9.17, 15) is 0 Å². The van der Waals surface area contributed by atoms with E-state index in [1.165, 1.54) is 0 Å². The van der Waals surface area contributed by atoms with Crippen LogP contribution in [0.5, 0.6) is 0 Å². The lowest BCUT2D eigenvalue weighted by Gasteiger charge is -2.08. The first-order valence-electron chi connectivity index (χ1n) is 7.98. The van der Waals surface area contributed by atoms with E-state index in [-0.39, 0.29) is 0 Å². The van der Waals surface area contributed by atoms with Gasteiger partial charge in [0, 0.05) is 7.11 Å². The molecule has 0 heterocycles. The van der Waals surface area contributed by atoms with Gasteiger partial charge in [-0.05, 0) is 0 Å². The molecule has 0 saturated carbocycles. The molecule has 0 aliphatic heterocycles. The molecule has 0 rings (SSSR count). The van der Waals surface area contributed by atoms with Crippen molar-refractivity contribution in [3.8, 4) is 0 Å². The maximum Gasteiger partial charge on any atom is 0.0704 e. The van der Waals surface area contributed by atoms with Crippen LogP contribution in [-0.2, 0) is 33.2 Å². The van der Waals surface area contributed by atoms with Crippen molar-refractivity contribution in [1.29, 1.82) is 0 Å². The molecule has 0 aromatic heterocycles. The summed E-state index contributed by atoms with van der Waals surface area (Å²) in [5.41, 5.74) is 0. The zero-order valence-electron chi connectivity index (χ0n) is 14.3. The van der Waals surface area contributed by atoms with E-state index in [1.807, 2.05) is 0 Å². The smallest absolute Gasteiger partial charge is 0.0704 e. The van der Waals surface area contributed by atoms with Crippen molar-refractivity contribution < 1.29 is 33.2 Å². The van der Waals surface area contributed by atoms with E-state index < -0.39 is 0 Å². The van der Waals surface area contributed by atoms with Crippen molar-refractivity contribution in [1.82, 2.24) is 0 Å². The van der Waals surface area contributed by atoms with Crippen LogP contribution >= 0.6 is 0 Å². The van der Waals surface area contributed by atoms with Crippen LogP contribution < -0.4 is 0 Å². The summed E-state index contributed by atoms with van der Waals surface area (Å²) < 4.78 is 36.7. The molecule has 7 nitrogen and oxygen atoms in total. The summed E-state index contributed by atoms with van der Waals surface area (Å²) in [5.74, 6) is 0. The second kappa shape index (κ2) is 21.5. The van der Waals surface area contributed by atoms with E-state index in [1.54, 1.807) is 13.2 Å². The largest absolute Gasteiger partial charge is 0.382 e. The van der Waals surface area contributed by atoms with E-state index in [0.717, 1.165) is 0 Å². The van der Waals surface area contributed by atoms with E-state index in [4.69, 9.17) is 33.2 Å². The highest BCUT2D eigenvalue weighted by Gasteiger charge is 1.93.